The Hall–Kier alpha value is -0.870. The zero-order valence-corrected chi connectivity index (χ0v) is 10.4. The van der Waals surface area contributed by atoms with Crippen LogP contribution < -0.4 is 5.32 Å². The minimum atomic E-state index is 0.0825. The van der Waals surface area contributed by atoms with E-state index in [0.29, 0.717) is 18.9 Å². The molecule has 0 fully saturated rings. The molecule has 1 aromatic heterocycles. The van der Waals surface area contributed by atoms with Crippen LogP contribution in [0.1, 0.15) is 24.6 Å². The van der Waals surface area contributed by atoms with Crippen molar-refractivity contribution >= 4 is 17.2 Å². The number of hydrogen-bond acceptors (Lipinski definition) is 3. The number of carbonyl (C=O) groups excluding carboxylic acids is 1. The van der Waals surface area contributed by atoms with Crippen LogP contribution in [-0.4, -0.2) is 24.2 Å². The van der Waals surface area contributed by atoms with E-state index >= 15 is 0 Å². The highest BCUT2D eigenvalue weighted by Gasteiger charge is 2.04. The van der Waals surface area contributed by atoms with Crippen molar-refractivity contribution in [1.82, 2.24) is 5.32 Å². The molecule has 0 saturated heterocycles. The number of amides is 1. The lowest BCUT2D eigenvalue weighted by molar-refractivity contribution is -0.120. The maximum absolute atomic E-state index is 11.5. The Morgan fingerprint density at radius 2 is 2.44 bits per heavy atom. The summed E-state index contributed by atoms with van der Waals surface area (Å²) in [5, 5.41) is 13.7. The molecule has 0 saturated carbocycles. The third kappa shape index (κ3) is 5.28. The smallest absolute Gasteiger partial charge is 0.225 e. The third-order valence-electron chi connectivity index (χ3n) is 2.42. The minimum absolute atomic E-state index is 0.0825. The molecule has 0 radical (unpaired) electrons. The molecule has 1 atom stereocenters. The highest BCUT2D eigenvalue weighted by Crippen LogP contribution is 2.08. The van der Waals surface area contributed by atoms with E-state index in [0.717, 1.165) is 17.7 Å². The molecule has 0 aliphatic heterocycles. The van der Waals surface area contributed by atoms with Gasteiger partial charge in [0.15, 0.2) is 0 Å². The number of rotatable bonds is 7. The van der Waals surface area contributed by atoms with E-state index in [4.69, 9.17) is 5.11 Å². The molecule has 3 nitrogen and oxygen atoms in total. The van der Waals surface area contributed by atoms with E-state index in [-0.39, 0.29) is 12.5 Å². The van der Waals surface area contributed by atoms with Gasteiger partial charge in [0.05, 0.1) is 6.42 Å². The molecule has 90 valence electrons. The Morgan fingerprint density at radius 1 is 1.62 bits per heavy atom. The van der Waals surface area contributed by atoms with Crippen LogP contribution in [-0.2, 0) is 11.2 Å². The standard InChI is InChI=1S/C12H19NO2S/c1-10(9-14)4-2-6-13-12(15)8-11-5-3-7-16-11/h3,5,7,10,14H,2,4,6,8-9H2,1H3,(H,13,15). The summed E-state index contributed by atoms with van der Waals surface area (Å²) in [5.41, 5.74) is 0. The van der Waals surface area contributed by atoms with Gasteiger partial charge in [-0.15, -0.1) is 11.3 Å². The molecule has 2 N–H and O–H groups in total. The van der Waals surface area contributed by atoms with Gasteiger partial charge in [-0.05, 0) is 30.2 Å². The molecule has 1 amide bonds. The fourth-order valence-corrected chi connectivity index (χ4v) is 2.11. The number of aliphatic hydroxyl groups is 1. The summed E-state index contributed by atoms with van der Waals surface area (Å²) in [6, 6.07) is 3.92. The summed E-state index contributed by atoms with van der Waals surface area (Å²) in [5.74, 6) is 0.410. The Kier molecular flexibility index (Phi) is 6.11. The van der Waals surface area contributed by atoms with Crippen molar-refractivity contribution < 1.29 is 9.90 Å². The first-order valence-corrected chi connectivity index (χ1v) is 6.50. The van der Waals surface area contributed by atoms with Gasteiger partial charge in [-0.25, -0.2) is 0 Å². The maximum Gasteiger partial charge on any atom is 0.225 e. The van der Waals surface area contributed by atoms with Crippen LogP contribution in [0.3, 0.4) is 0 Å². The summed E-state index contributed by atoms with van der Waals surface area (Å²) in [6.45, 7) is 2.94. The molecule has 1 aromatic rings. The first-order valence-electron chi connectivity index (χ1n) is 5.62. The SMILES string of the molecule is CC(CO)CCCNC(=O)Cc1cccs1. The average Bonchev–Trinajstić information content (AvgIpc) is 2.76. The fraction of sp³-hybridized carbons (Fsp3) is 0.583. The number of hydrogen-bond donors (Lipinski definition) is 2. The van der Waals surface area contributed by atoms with Gasteiger partial charge in [0.1, 0.15) is 0 Å². The molecular formula is C12H19NO2S. The van der Waals surface area contributed by atoms with E-state index in [1.165, 1.54) is 0 Å². The monoisotopic (exact) mass is 241 g/mol. The zero-order valence-electron chi connectivity index (χ0n) is 9.61. The molecule has 1 heterocycles. The number of nitrogens with one attached hydrogen (secondary N) is 1. The molecule has 1 rings (SSSR count). The summed E-state index contributed by atoms with van der Waals surface area (Å²) >= 11 is 1.61. The van der Waals surface area contributed by atoms with Crippen molar-refractivity contribution in [2.75, 3.05) is 13.2 Å². The summed E-state index contributed by atoms with van der Waals surface area (Å²) < 4.78 is 0. The Labute approximate surface area is 100 Å². The number of aliphatic hydroxyl groups excluding tert-OH is 1. The zero-order chi connectivity index (χ0) is 11.8. The van der Waals surface area contributed by atoms with Gasteiger partial charge in [-0.2, -0.15) is 0 Å². The second-order valence-electron chi connectivity index (χ2n) is 4.04. The van der Waals surface area contributed by atoms with Gasteiger partial charge in [-0.1, -0.05) is 13.0 Å². The molecule has 16 heavy (non-hydrogen) atoms. The highest BCUT2D eigenvalue weighted by atomic mass is 32.1. The topological polar surface area (TPSA) is 49.3 Å². The summed E-state index contributed by atoms with van der Waals surface area (Å²) in [6.07, 6.45) is 2.36. The number of carbonyl (C=O) groups is 1. The third-order valence-corrected chi connectivity index (χ3v) is 3.30. The average molecular weight is 241 g/mol. The van der Waals surface area contributed by atoms with Crippen molar-refractivity contribution in [1.29, 1.82) is 0 Å². The van der Waals surface area contributed by atoms with Crippen molar-refractivity contribution in [3.05, 3.63) is 22.4 Å². The highest BCUT2D eigenvalue weighted by molar-refractivity contribution is 7.10. The van der Waals surface area contributed by atoms with Crippen LogP contribution in [0.25, 0.3) is 0 Å². The predicted molar refractivity (Wildman–Crippen MR) is 66.5 cm³/mol. The van der Waals surface area contributed by atoms with E-state index in [2.05, 4.69) is 5.32 Å². The lowest BCUT2D eigenvalue weighted by atomic mass is 10.1. The molecule has 0 aliphatic rings. The minimum Gasteiger partial charge on any atom is -0.396 e. The van der Waals surface area contributed by atoms with Crippen LogP contribution in [0, 0.1) is 5.92 Å². The summed E-state index contributed by atoms with van der Waals surface area (Å²) in [7, 11) is 0. The van der Waals surface area contributed by atoms with Gasteiger partial charge in [0.2, 0.25) is 5.91 Å². The van der Waals surface area contributed by atoms with Crippen molar-refractivity contribution in [2.24, 2.45) is 5.92 Å². The first kappa shape index (κ1) is 13.2. The molecule has 1 unspecified atom stereocenters. The maximum atomic E-state index is 11.5. The normalized spacial score (nSPS) is 12.4. The summed E-state index contributed by atoms with van der Waals surface area (Å²) in [4.78, 5) is 12.6. The van der Waals surface area contributed by atoms with E-state index in [1.54, 1.807) is 11.3 Å². The molecule has 4 heteroatoms. The van der Waals surface area contributed by atoms with E-state index in [9.17, 15) is 4.79 Å². The van der Waals surface area contributed by atoms with E-state index < -0.39 is 0 Å². The lowest BCUT2D eigenvalue weighted by Crippen LogP contribution is -2.26. The molecule has 0 bridgehead atoms. The lowest BCUT2D eigenvalue weighted by Gasteiger charge is -2.08. The van der Waals surface area contributed by atoms with Crippen LogP contribution >= 0.6 is 11.3 Å². The second-order valence-corrected chi connectivity index (χ2v) is 5.07. The van der Waals surface area contributed by atoms with E-state index in [1.807, 2.05) is 24.4 Å². The van der Waals surface area contributed by atoms with Crippen LogP contribution in [0.4, 0.5) is 0 Å². The van der Waals surface area contributed by atoms with Gasteiger partial charge >= 0.3 is 0 Å². The van der Waals surface area contributed by atoms with Crippen LogP contribution in [0.2, 0.25) is 0 Å². The molecular weight excluding hydrogens is 222 g/mol. The fourth-order valence-electron chi connectivity index (χ4n) is 1.40. The predicted octanol–water partition coefficient (Wildman–Crippen LogP) is 1.82. The van der Waals surface area contributed by atoms with Gasteiger partial charge < -0.3 is 10.4 Å². The largest absolute Gasteiger partial charge is 0.396 e. The first-order chi connectivity index (χ1) is 7.72. The van der Waals surface area contributed by atoms with Crippen molar-refractivity contribution in [3.63, 3.8) is 0 Å². The molecule has 0 spiro atoms. The van der Waals surface area contributed by atoms with Crippen LogP contribution in [0.5, 0.6) is 0 Å². The Balaban J connectivity index is 2.07. The molecule has 0 aliphatic carbocycles. The Bertz CT molecular complexity index is 298. The van der Waals surface area contributed by atoms with Crippen LogP contribution in [0.15, 0.2) is 17.5 Å². The van der Waals surface area contributed by atoms with Gasteiger partial charge in [-0.3, -0.25) is 4.79 Å². The number of thiophene rings is 1. The van der Waals surface area contributed by atoms with Crippen molar-refractivity contribution in [2.45, 2.75) is 26.2 Å². The Morgan fingerprint density at radius 3 is 3.06 bits per heavy atom. The quantitative estimate of drug-likeness (QED) is 0.715. The van der Waals surface area contributed by atoms with Crippen molar-refractivity contribution in [3.8, 4) is 0 Å². The van der Waals surface area contributed by atoms with Gasteiger partial charge in [0.25, 0.3) is 0 Å². The second kappa shape index (κ2) is 7.41. The molecule has 0 aromatic carbocycles. The van der Waals surface area contributed by atoms with Gasteiger partial charge in [0, 0.05) is 18.0 Å².